The van der Waals surface area contributed by atoms with E-state index in [-0.39, 0.29) is 5.78 Å². The summed E-state index contributed by atoms with van der Waals surface area (Å²) in [5.41, 5.74) is 4.11. The lowest BCUT2D eigenvalue weighted by Crippen LogP contribution is -2.11. The maximum atomic E-state index is 13.3. The number of thioether (sulfide) groups is 1. The Labute approximate surface area is 215 Å². The zero-order chi connectivity index (χ0) is 24.0. The molecule has 0 radical (unpaired) electrons. The fourth-order valence-corrected chi connectivity index (χ4v) is 6.39. The molecule has 1 saturated heterocycles. The van der Waals surface area contributed by atoms with Crippen molar-refractivity contribution in [1.29, 1.82) is 5.41 Å². The largest absolute Gasteiger partial charge is 0.340 e. The molecule has 1 aliphatic heterocycles. The number of hydrogen-bond donors (Lipinski definition) is 1. The lowest BCUT2D eigenvalue weighted by atomic mass is 10.0. The number of allylic oxidation sites excluding steroid dienone is 1. The van der Waals surface area contributed by atoms with Gasteiger partial charge in [-0.1, -0.05) is 66.2 Å². The first kappa shape index (κ1) is 23.3. The summed E-state index contributed by atoms with van der Waals surface area (Å²) >= 11 is 15.0. The van der Waals surface area contributed by atoms with E-state index in [1.165, 1.54) is 23.1 Å². The van der Waals surface area contributed by atoms with E-state index in [2.05, 4.69) is 33.8 Å². The lowest BCUT2D eigenvalue weighted by Gasteiger charge is -2.10. The molecular weight excluding hydrogens is 507 g/mol. The summed E-state index contributed by atoms with van der Waals surface area (Å²) < 4.78 is 2.21. The van der Waals surface area contributed by atoms with Gasteiger partial charge >= 0.3 is 0 Å². The second-order valence-electron chi connectivity index (χ2n) is 8.01. The van der Waals surface area contributed by atoms with E-state index in [0.717, 1.165) is 39.2 Å². The minimum atomic E-state index is -0.654. The molecule has 1 N–H and O–H groups in total. The van der Waals surface area contributed by atoms with Crippen LogP contribution in [0.15, 0.2) is 47.4 Å². The van der Waals surface area contributed by atoms with Crippen molar-refractivity contribution in [1.82, 2.24) is 14.8 Å². The fraction of sp³-hybridized carbons (Fsp3) is 0.200. The molecule has 5 rings (SSSR count). The highest BCUT2D eigenvalue weighted by atomic mass is 35.5. The van der Waals surface area contributed by atoms with Gasteiger partial charge in [0.05, 0.1) is 20.0 Å². The first-order valence-electron chi connectivity index (χ1n) is 10.7. The first-order chi connectivity index (χ1) is 16.4. The normalized spacial score (nSPS) is 17.4. The Morgan fingerprint density at radius 2 is 1.94 bits per heavy atom. The molecule has 0 unspecified atom stereocenters. The predicted molar refractivity (Wildman–Crippen MR) is 143 cm³/mol. The van der Waals surface area contributed by atoms with Crippen LogP contribution in [0.5, 0.6) is 0 Å². The summed E-state index contributed by atoms with van der Waals surface area (Å²) in [4.78, 5) is 13.9. The van der Waals surface area contributed by atoms with Crippen LogP contribution in [-0.4, -0.2) is 25.6 Å². The third-order valence-corrected chi connectivity index (χ3v) is 8.76. The summed E-state index contributed by atoms with van der Waals surface area (Å²) in [5, 5.41) is 20.7. The van der Waals surface area contributed by atoms with Gasteiger partial charge in [0.2, 0.25) is 0 Å². The smallest absolute Gasteiger partial charge is 0.186 e. The number of benzene rings is 2. The Morgan fingerprint density at radius 3 is 2.68 bits per heavy atom. The van der Waals surface area contributed by atoms with Gasteiger partial charge in [0.15, 0.2) is 5.78 Å². The molecule has 0 aliphatic carbocycles. The van der Waals surface area contributed by atoms with E-state index >= 15 is 0 Å². The second-order valence-corrected chi connectivity index (χ2v) is 11.0. The number of carbonyl (C=O) groups is 1. The van der Waals surface area contributed by atoms with Gasteiger partial charge in [-0.25, -0.2) is 0 Å². The number of para-hydroxylation sites is 1. The number of ketones is 1. The highest BCUT2D eigenvalue weighted by molar-refractivity contribution is 8.19. The standard InChI is InChI=1S/C25H20Cl2N4OS2/c1-3-21-29-30-25(34-21)22-23(32)20(33-24(22)28)11-16-13(2)31(19-7-5-4-6-15(16)19)12-14-8-9-17(26)18(27)10-14/h4-11,22,28H,3,12H2,1-2H3/b20-11-,28-24?/t22-/m0/s1. The zero-order valence-electron chi connectivity index (χ0n) is 18.4. The third-order valence-electron chi connectivity index (χ3n) is 5.90. The van der Waals surface area contributed by atoms with Crippen LogP contribution in [-0.2, 0) is 17.8 Å². The van der Waals surface area contributed by atoms with Crippen molar-refractivity contribution in [2.75, 3.05) is 0 Å². The minimum Gasteiger partial charge on any atom is -0.340 e. The van der Waals surface area contributed by atoms with Crippen molar-refractivity contribution in [2.45, 2.75) is 32.7 Å². The molecule has 0 saturated carbocycles. The van der Waals surface area contributed by atoms with Gasteiger partial charge in [-0.2, -0.15) is 0 Å². The molecule has 0 spiro atoms. The van der Waals surface area contributed by atoms with Crippen LogP contribution in [0.1, 0.15) is 39.7 Å². The van der Waals surface area contributed by atoms with Crippen molar-refractivity contribution >= 4 is 74.1 Å². The summed E-state index contributed by atoms with van der Waals surface area (Å²) in [6, 6.07) is 13.8. The van der Waals surface area contributed by atoms with E-state index in [4.69, 9.17) is 28.6 Å². The van der Waals surface area contributed by atoms with E-state index < -0.39 is 5.92 Å². The van der Waals surface area contributed by atoms with Gasteiger partial charge in [0, 0.05) is 28.7 Å². The van der Waals surface area contributed by atoms with Gasteiger partial charge in [-0.05, 0) is 43.2 Å². The van der Waals surface area contributed by atoms with Crippen molar-refractivity contribution in [3.8, 4) is 0 Å². The summed E-state index contributed by atoms with van der Waals surface area (Å²) in [5.74, 6) is -0.742. The number of aryl methyl sites for hydroxylation is 1. The van der Waals surface area contributed by atoms with E-state index in [9.17, 15) is 4.79 Å². The van der Waals surface area contributed by atoms with Crippen molar-refractivity contribution < 1.29 is 4.79 Å². The van der Waals surface area contributed by atoms with Crippen molar-refractivity contribution in [2.24, 2.45) is 0 Å². The fourth-order valence-electron chi connectivity index (χ4n) is 4.14. The molecule has 34 heavy (non-hydrogen) atoms. The second kappa shape index (κ2) is 9.30. The summed E-state index contributed by atoms with van der Waals surface area (Å²) in [6.07, 6.45) is 2.69. The SMILES string of the molecule is CCc1nnc([C@@H]2C(=N)S/C(=C\c3c(C)n(Cc4ccc(Cl)c(Cl)c4)c4ccccc34)C2=O)s1. The number of halogens is 2. The molecule has 2 aromatic carbocycles. The van der Waals surface area contributed by atoms with Crippen LogP contribution >= 0.6 is 46.3 Å². The first-order valence-corrected chi connectivity index (χ1v) is 13.1. The number of nitrogens with zero attached hydrogens (tertiary/aromatic N) is 3. The summed E-state index contributed by atoms with van der Waals surface area (Å²) in [6.45, 7) is 4.67. The van der Waals surface area contributed by atoms with Crippen LogP contribution in [0.25, 0.3) is 17.0 Å². The predicted octanol–water partition coefficient (Wildman–Crippen LogP) is 7.14. The number of hydrogen-bond acceptors (Lipinski definition) is 6. The number of rotatable bonds is 5. The van der Waals surface area contributed by atoms with Crippen LogP contribution in [0.3, 0.4) is 0 Å². The number of fused-ring (bicyclic) bond motifs is 1. The molecular formula is C25H20Cl2N4OS2. The maximum absolute atomic E-state index is 13.3. The van der Waals surface area contributed by atoms with Crippen LogP contribution in [0.2, 0.25) is 10.0 Å². The van der Waals surface area contributed by atoms with Gasteiger partial charge < -0.3 is 4.57 Å². The highest BCUT2D eigenvalue weighted by Gasteiger charge is 2.39. The van der Waals surface area contributed by atoms with Gasteiger partial charge in [0.1, 0.15) is 15.9 Å². The third kappa shape index (κ3) is 4.11. The molecule has 4 aromatic rings. The molecule has 1 aliphatic rings. The van der Waals surface area contributed by atoms with E-state index in [0.29, 0.717) is 31.5 Å². The Morgan fingerprint density at radius 1 is 1.15 bits per heavy atom. The Balaban J connectivity index is 1.55. The molecule has 2 aromatic heterocycles. The monoisotopic (exact) mass is 526 g/mol. The summed E-state index contributed by atoms with van der Waals surface area (Å²) in [7, 11) is 0. The number of Topliss-reactive ketones (excluding diaryl/α,β-unsaturated/α-hetero) is 1. The van der Waals surface area contributed by atoms with Crippen molar-refractivity contribution in [3.05, 3.63) is 84.3 Å². The van der Waals surface area contributed by atoms with Crippen LogP contribution in [0, 0.1) is 12.3 Å². The van der Waals surface area contributed by atoms with Crippen LogP contribution in [0.4, 0.5) is 0 Å². The highest BCUT2D eigenvalue weighted by Crippen LogP contribution is 2.42. The molecule has 1 fully saturated rings. The lowest BCUT2D eigenvalue weighted by molar-refractivity contribution is -0.114. The molecule has 5 nitrogen and oxygen atoms in total. The average Bonchev–Trinajstić information content (AvgIpc) is 3.48. The average molecular weight is 528 g/mol. The Hall–Kier alpha value is -2.45. The van der Waals surface area contributed by atoms with Gasteiger partial charge in [-0.3, -0.25) is 10.2 Å². The molecule has 9 heteroatoms. The number of nitrogens with one attached hydrogen (secondary N) is 1. The minimum absolute atomic E-state index is 0.0884. The van der Waals surface area contributed by atoms with Gasteiger partial charge in [0.25, 0.3) is 0 Å². The topological polar surface area (TPSA) is 71.6 Å². The molecule has 1 atom stereocenters. The molecule has 172 valence electrons. The van der Waals surface area contributed by atoms with Crippen LogP contribution < -0.4 is 0 Å². The Bertz CT molecular complexity index is 1490. The molecule has 0 amide bonds. The maximum Gasteiger partial charge on any atom is 0.186 e. The zero-order valence-corrected chi connectivity index (χ0v) is 21.6. The quantitative estimate of drug-likeness (QED) is 0.280. The van der Waals surface area contributed by atoms with Gasteiger partial charge in [-0.15, -0.1) is 21.5 Å². The molecule has 3 heterocycles. The number of carbonyl (C=O) groups excluding carboxylic acids is 1. The van der Waals surface area contributed by atoms with E-state index in [1.54, 1.807) is 6.07 Å². The molecule has 0 bridgehead atoms. The Kier molecular flexibility index (Phi) is 6.37. The van der Waals surface area contributed by atoms with Crippen molar-refractivity contribution in [3.63, 3.8) is 0 Å². The van der Waals surface area contributed by atoms with E-state index in [1.807, 2.05) is 37.3 Å². The number of aromatic nitrogens is 3.